The molecule has 2 N–H and O–H groups in total. The van der Waals surface area contributed by atoms with Crippen molar-refractivity contribution in [3.63, 3.8) is 0 Å². The number of halogens is 1. The molecule has 0 unspecified atom stereocenters. The van der Waals surface area contributed by atoms with Gasteiger partial charge in [0, 0.05) is 21.8 Å². The van der Waals surface area contributed by atoms with Crippen LogP contribution in [-0.4, -0.2) is 12.8 Å². The molecule has 0 radical (unpaired) electrons. The maximum absolute atomic E-state index is 5.97. The Labute approximate surface area is 111 Å². The van der Waals surface area contributed by atoms with Crippen LogP contribution in [0.5, 0.6) is 0 Å². The molecule has 0 saturated carbocycles. The Morgan fingerprint density at radius 3 is 2.50 bits per heavy atom. The van der Waals surface area contributed by atoms with Gasteiger partial charge in [-0.05, 0) is 18.2 Å². The molecule has 92 valence electrons. The molecule has 0 saturated heterocycles. The van der Waals surface area contributed by atoms with E-state index in [0.717, 1.165) is 11.1 Å². The molecule has 4 heteroatoms. The van der Waals surface area contributed by atoms with Crippen LogP contribution in [0, 0.1) is 0 Å². The Balaban J connectivity index is 2.53. The van der Waals surface area contributed by atoms with Gasteiger partial charge in [-0.2, -0.15) is 0 Å². The van der Waals surface area contributed by atoms with Gasteiger partial charge < -0.3 is 10.6 Å². The SMILES string of the molecule is CON=C(c1ccccc1)c1ccc(Cl)cc1N. The second kappa shape index (κ2) is 5.56. The van der Waals surface area contributed by atoms with E-state index in [1.165, 1.54) is 7.11 Å². The molecule has 2 rings (SSSR count). The summed E-state index contributed by atoms with van der Waals surface area (Å²) in [5.74, 6) is 0. The molecule has 18 heavy (non-hydrogen) atoms. The van der Waals surface area contributed by atoms with Crippen LogP contribution in [0.4, 0.5) is 5.69 Å². The smallest absolute Gasteiger partial charge is 0.119 e. The van der Waals surface area contributed by atoms with Crippen LogP contribution in [-0.2, 0) is 4.84 Å². The second-order valence-electron chi connectivity index (χ2n) is 3.72. The van der Waals surface area contributed by atoms with Gasteiger partial charge in [0.05, 0.1) is 0 Å². The minimum absolute atomic E-state index is 0.571. The van der Waals surface area contributed by atoms with Crippen LogP contribution in [0.3, 0.4) is 0 Å². The highest BCUT2D eigenvalue weighted by molar-refractivity contribution is 6.31. The van der Waals surface area contributed by atoms with Gasteiger partial charge in [0.15, 0.2) is 0 Å². The van der Waals surface area contributed by atoms with Crippen LogP contribution < -0.4 is 5.73 Å². The molecule has 0 heterocycles. The third-order valence-electron chi connectivity index (χ3n) is 2.50. The molecule has 0 atom stereocenters. The molecule has 3 nitrogen and oxygen atoms in total. The number of nitrogen functional groups attached to an aromatic ring is 1. The van der Waals surface area contributed by atoms with Crippen molar-refractivity contribution in [3.05, 3.63) is 64.7 Å². The van der Waals surface area contributed by atoms with E-state index in [4.69, 9.17) is 22.2 Å². The maximum atomic E-state index is 5.97. The van der Waals surface area contributed by atoms with Crippen molar-refractivity contribution in [2.75, 3.05) is 12.8 Å². The molecule has 0 amide bonds. The molecule has 0 spiro atoms. The number of benzene rings is 2. The average Bonchev–Trinajstić information content (AvgIpc) is 2.38. The Morgan fingerprint density at radius 2 is 1.89 bits per heavy atom. The lowest BCUT2D eigenvalue weighted by molar-refractivity contribution is 0.214. The van der Waals surface area contributed by atoms with Crippen molar-refractivity contribution in [2.45, 2.75) is 0 Å². The van der Waals surface area contributed by atoms with Crippen LogP contribution in [0.2, 0.25) is 5.02 Å². The summed E-state index contributed by atoms with van der Waals surface area (Å²) in [6.07, 6.45) is 0. The zero-order valence-electron chi connectivity index (χ0n) is 9.93. The van der Waals surface area contributed by atoms with Crippen molar-refractivity contribution >= 4 is 23.0 Å². The molecule has 0 bridgehead atoms. The highest BCUT2D eigenvalue weighted by atomic mass is 35.5. The Kier molecular flexibility index (Phi) is 3.85. The summed E-state index contributed by atoms with van der Waals surface area (Å²) in [5, 5.41) is 4.65. The highest BCUT2D eigenvalue weighted by Gasteiger charge is 2.11. The van der Waals surface area contributed by atoms with Crippen molar-refractivity contribution < 1.29 is 4.84 Å². The van der Waals surface area contributed by atoms with E-state index in [2.05, 4.69) is 5.16 Å². The average molecular weight is 261 g/mol. The fourth-order valence-electron chi connectivity index (χ4n) is 1.69. The number of rotatable bonds is 3. The predicted molar refractivity (Wildman–Crippen MR) is 75.0 cm³/mol. The van der Waals surface area contributed by atoms with Crippen molar-refractivity contribution in [1.82, 2.24) is 0 Å². The molecule has 2 aromatic rings. The zero-order valence-corrected chi connectivity index (χ0v) is 10.7. The third kappa shape index (κ3) is 2.63. The molecule has 2 aromatic carbocycles. The van der Waals surface area contributed by atoms with E-state index < -0.39 is 0 Å². The van der Waals surface area contributed by atoms with Crippen LogP contribution in [0.1, 0.15) is 11.1 Å². The Morgan fingerprint density at radius 1 is 1.17 bits per heavy atom. The minimum atomic E-state index is 0.571. The number of anilines is 1. The van der Waals surface area contributed by atoms with Crippen LogP contribution in [0.15, 0.2) is 53.7 Å². The van der Waals surface area contributed by atoms with E-state index in [1.807, 2.05) is 36.4 Å². The van der Waals surface area contributed by atoms with E-state index in [-0.39, 0.29) is 0 Å². The molecular weight excluding hydrogens is 248 g/mol. The largest absolute Gasteiger partial charge is 0.399 e. The summed E-state index contributed by atoms with van der Waals surface area (Å²) in [7, 11) is 1.51. The third-order valence-corrected chi connectivity index (χ3v) is 2.73. The number of hydrogen-bond donors (Lipinski definition) is 1. The van der Waals surface area contributed by atoms with Gasteiger partial charge in [0.2, 0.25) is 0 Å². The highest BCUT2D eigenvalue weighted by Crippen LogP contribution is 2.21. The van der Waals surface area contributed by atoms with Gasteiger partial charge in [0.25, 0.3) is 0 Å². The summed E-state index contributed by atoms with van der Waals surface area (Å²) in [4.78, 5) is 4.90. The zero-order chi connectivity index (χ0) is 13.0. The standard InChI is InChI=1S/C14H13ClN2O/c1-18-17-14(10-5-3-2-4-6-10)12-8-7-11(15)9-13(12)16/h2-9H,16H2,1H3. The molecule has 0 aliphatic heterocycles. The summed E-state index contributed by atoms with van der Waals surface area (Å²) in [5.41, 5.74) is 8.96. The first-order valence-electron chi connectivity index (χ1n) is 5.44. The predicted octanol–water partition coefficient (Wildman–Crippen LogP) is 3.32. The fourth-order valence-corrected chi connectivity index (χ4v) is 1.87. The molecule has 0 aromatic heterocycles. The normalized spacial score (nSPS) is 11.3. The van der Waals surface area contributed by atoms with Crippen LogP contribution in [0.25, 0.3) is 0 Å². The van der Waals surface area contributed by atoms with Crippen molar-refractivity contribution in [3.8, 4) is 0 Å². The Bertz CT molecular complexity index is 567. The molecule has 0 fully saturated rings. The number of hydrogen-bond acceptors (Lipinski definition) is 3. The van der Waals surface area contributed by atoms with Gasteiger partial charge in [-0.25, -0.2) is 0 Å². The Hall–Kier alpha value is -2.00. The van der Waals surface area contributed by atoms with E-state index in [1.54, 1.807) is 12.1 Å². The van der Waals surface area contributed by atoms with Gasteiger partial charge in [-0.15, -0.1) is 0 Å². The molecular formula is C14H13ClN2O. The van der Waals surface area contributed by atoms with Gasteiger partial charge in [-0.3, -0.25) is 0 Å². The lowest BCUT2D eigenvalue weighted by Gasteiger charge is -2.09. The summed E-state index contributed by atoms with van der Waals surface area (Å²) in [6.45, 7) is 0. The minimum Gasteiger partial charge on any atom is -0.399 e. The van der Waals surface area contributed by atoms with Crippen LogP contribution >= 0.6 is 11.6 Å². The fraction of sp³-hybridized carbons (Fsp3) is 0.0714. The second-order valence-corrected chi connectivity index (χ2v) is 4.16. The van der Waals surface area contributed by atoms with E-state index in [0.29, 0.717) is 16.4 Å². The summed E-state index contributed by atoms with van der Waals surface area (Å²) >= 11 is 5.89. The lowest BCUT2D eigenvalue weighted by Crippen LogP contribution is -2.07. The van der Waals surface area contributed by atoms with Crippen molar-refractivity contribution in [1.29, 1.82) is 0 Å². The maximum Gasteiger partial charge on any atom is 0.119 e. The van der Waals surface area contributed by atoms with Crippen molar-refractivity contribution in [2.24, 2.45) is 5.16 Å². The molecule has 0 aliphatic rings. The lowest BCUT2D eigenvalue weighted by atomic mass is 10.0. The monoisotopic (exact) mass is 260 g/mol. The first kappa shape index (κ1) is 12.5. The quantitative estimate of drug-likeness (QED) is 0.523. The van der Waals surface area contributed by atoms with E-state index >= 15 is 0 Å². The molecule has 0 aliphatic carbocycles. The summed E-state index contributed by atoms with van der Waals surface area (Å²) < 4.78 is 0. The first-order valence-corrected chi connectivity index (χ1v) is 5.82. The number of oxime groups is 1. The summed E-state index contributed by atoms with van der Waals surface area (Å²) in [6, 6.07) is 15.0. The topological polar surface area (TPSA) is 47.6 Å². The van der Waals surface area contributed by atoms with Gasteiger partial charge in [0.1, 0.15) is 12.8 Å². The number of nitrogens with zero attached hydrogens (tertiary/aromatic N) is 1. The number of nitrogens with two attached hydrogens (primary N) is 1. The van der Waals surface area contributed by atoms with E-state index in [9.17, 15) is 0 Å². The van der Waals surface area contributed by atoms with Gasteiger partial charge >= 0.3 is 0 Å². The first-order chi connectivity index (χ1) is 8.72. The van der Waals surface area contributed by atoms with Gasteiger partial charge in [-0.1, -0.05) is 47.1 Å².